The molecule has 3 rings (SSSR count). The molecule has 0 fully saturated rings. The minimum atomic E-state index is -0.799. The van der Waals surface area contributed by atoms with E-state index in [1.165, 1.54) is 0 Å². The fraction of sp³-hybridized carbons (Fsp3) is 0.133. The molecule has 2 aromatic rings. The van der Waals surface area contributed by atoms with Crippen molar-refractivity contribution in [2.75, 3.05) is 18.5 Å². The highest BCUT2D eigenvalue weighted by molar-refractivity contribution is 9.10. The summed E-state index contributed by atoms with van der Waals surface area (Å²) >= 11 is 3.29. The second kappa shape index (κ2) is 5.92. The van der Waals surface area contributed by atoms with Crippen LogP contribution in [0.3, 0.4) is 0 Å². The molecule has 0 radical (unpaired) electrons. The molecule has 1 aliphatic rings. The van der Waals surface area contributed by atoms with Gasteiger partial charge in [-0.3, -0.25) is 4.79 Å². The zero-order valence-electron chi connectivity index (χ0n) is 11.2. The predicted octanol–water partition coefficient (Wildman–Crippen LogP) is 3.75. The molecule has 1 heterocycles. The Morgan fingerprint density at radius 3 is 2.50 bits per heavy atom. The summed E-state index contributed by atoms with van der Waals surface area (Å²) in [4.78, 5) is 12.1. The van der Waals surface area contributed by atoms with Crippen LogP contribution in [0.15, 0.2) is 34.8 Å². The predicted molar refractivity (Wildman–Crippen MR) is 79.4 cm³/mol. The van der Waals surface area contributed by atoms with Crippen molar-refractivity contribution in [3.63, 3.8) is 0 Å². The number of anilines is 1. The standard InChI is InChI=1S/C15H10BrF2NO3/c16-10-6-13-14(22-4-3-21-13)7-12(10)19-15(20)9-5-8(17)1-2-11(9)18/h1-2,5-7H,3-4H2,(H,19,20). The van der Waals surface area contributed by atoms with E-state index in [1.807, 2.05) is 0 Å². The third-order valence-corrected chi connectivity index (χ3v) is 3.71. The molecule has 1 amide bonds. The monoisotopic (exact) mass is 369 g/mol. The molecule has 0 aliphatic carbocycles. The van der Waals surface area contributed by atoms with Gasteiger partial charge in [0.05, 0.1) is 11.3 Å². The number of carbonyl (C=O) groups excluding carboxylic acids is 1. The van der Waals surface area contributed by atoms with Crippen LogP contribution < -0.4 is 14.8 Å². The highest BCUT2D eigenvalue weighted by Gasteiger charge is 2.18. The van der Waals surface area contributed by atoms with Crippen LogP contribution in [0.25, 0.3) is 0 Å². The van der Waals surface area contributed by atoms with Gasteiger partial charge in [-0.2, -0.15) is 0 Å². The number of amides is 1. The average Bonchev–Trinajstić information content (AvgIpc) is 2.50. The number of halogens is 3. The molecule has 0 spiro atoms. The first kappa shape index (κ1) is 14.8. The third-order valence-electron chi connectivity index (χ3n) is 3.05. The van der Waals surface area contributed by atoms with Gasteiger partial charge in [-0.15, -0.1) is 0 Å². The molecule has 0 bridgehead atoms. The van der Waals surface area contributed by atoms with Crippen LogP contribution in [0, 0.1) is 11.6 Å². The summed E-state index contributed by atoms with van der Waals surface area (Å²) < 4.78 is 38.1. The highest BCUT2D eigenvalue weighted by atomic mass is 79.9. The first-order valence-corrected chi connectivity index (χ1v) is 7.19. The van der Waals surface area contributed by atoms with E-state index >= 15 is 0 Å². The van der Waals surface area contributed by atoms with Crippen LogP contribution in [-0.2, 0) is 0 Å². The second-order valence-corrected chi connectivity index (χ2v) is 5.41. The van der Waals surface area contributed by atoms with E-state index in [4.69, 9.17) is 9.47 Å². The topological polar surface area (TPSA) is 47.6 Å². The quantitative estimate of drug-likeness (QED) is 0.876. The van der Waals surface area contributed by atoms with E-state index in [2.05, 4.69) is 21.2 Å². The first-order chi connectivity index (χ1) is 10.5. The molecule has 2 aromatic carbocycles. The van der Waals surface area contributed by atoms with Crippen LogP contribution in [0.2, 0.25) is 0 Å². The van der Waals surface area contributed by atoms with E-state index in [-0.39, 0.29) is 5.56 Å². The van der Waals surface area contributed by atoms with Gasteiger partial charge in [0.25, 0.3) is 5.91 Å². The van der Waals surface area contributed by atoms with Crippen molar-refractivity contribution in [3.8, 4) is 11.5 Å². The smallest absolute Gasteiger partial charge is 0.258 e. The van der Waals surface area contributed by atoms with E-state index in [0.29, 0.717) is 34.9 Å². The van der Waals surface area contributed by atoms with Gasteiger partial charge in [-0.1, -0.05) is 0 Å². The summed E-state index contributed by atoms with van der Waals surface area (Å²) in [6, 6.07) is 5.91. The van der Waals surface area contributed by atoms with Crippen molar-refractivity contribution in [1.29, 1.82) is 0 Å². The largest absolute Gasteiger partial charge is 0.486 e. The highest BCUT2D eigenvalue weighted by Crippen LogP contribution is 2.38. The maximum atomic E-state index is 13.6. The maximum absolute atomic E-state index is 13.6. The Hall–Kier alpha value is -2.15. The number of hydrogen-bond acceptors (Lipinski definition) is 3. The fourth-order valence-corrected chi connectivity index (χ4v) is 2.44. The molecule has 4 nitrogen and oxygen atoms in total. The van der Waals surface area contributed by atoms with Crippen molar-refractivity contribution in [1.82, 2.24) is 0 Å². The van der Waals surface area contributed by atoms with Crippen LogP contribution >= 0.6 is 15.9 Å². The fourth-order valence-electron chi connectivity index (χ4n) is 2.02. The number of nitrogens with one attached hydrogen (secondary N) is 1. The summed E-state index contributed by atoms with van der Waals surface area (Å²) in [5, 5.41) is 2.52. The van der Waals surface area contributed by atoms with Gasteiger partial charge in [0.1, 0.15) is 24.8 Å². The van der Waals surface area contributed by atoms with Gasteiger partial charge < -0.3 is 14.8 Å². The van der Waals surface area contributed by atoms with E-state index < -0.39 is 17.5 Å². The molecule has 0 unspecified atom stereocenters. The van der Waals surface area contributed by atoms with E-state index in [1.54, 1.807) is 12.1 Å². The molecule has 114 valence electrons. The van der Waals surface area contributed by atoms with Gasteiger partial charge in [-0.25, -0.2) is 8.78 Å². The van der Waals surface area contributed by atoms with Gasteiger partial charge >= 0.3 is 0 Å². The molecular weight excluding hydrogens is 360 g/mol. The zero-order chi connectivity index (χ0) is 15.7. The number of rotatable bonds is 2. The summed E-state index contributed by atoms with van der Waals surface area (Å²) in [5.74, 6) is -1.22. The van der Waals surface area contributed by atoms with E-state index in [9.17, 15) is 13.6 Å². The van der Waals surface area contributed by atoms with Crippen molar-refractivity contribution in [3.05, 3.63) is 52.0 Å². The van der Waals surface area contributed by atoms with Crippen molar-refractivity contribution in [2.24, 2.45) is 0 Å². The van der Waals surface area contributed by atoms with Gasteiger partial charge in [0.15, 0.2) is 11.5 Å². The van der Waals surface area contributed by atoms with E-state index in [0.717, 1.165) is 18.2 Å². The Labute approximate surface area is 133 Å². The number of hydrogen-bond donors (Lipinski definition) is 1. The molecule has 0 aromatic heterocycles. The van der Waals surface area contributed by atoms with Crippen molar-refractivity contribution in [2.45, 2.75) is 0 Å². The number of benzene rings is 2. The number of carbonyl (C=O) groups is 1. The normalized spacial score (nSPS) is 12.9. The van der Waals surface area contributed by atoms with Crippen molar-refractivity contribution < 1.29 is 23.0 Å². The van der Waals surface area contributed by atoms with Crippen LogP contribution in [0.1, 0.15) is 10.4 Å². The van der Waals surface area contributed by atoms with Gasteiger partial charge in [-0.05, 0) is 34.1 Å². The lowest BCUT2D eigenvalue weighted by molar-refractivity contribution is 0.102. The lowest BCUT2D eigenvalue weighted by Gasteiger charge is -2.20. The van der Waals surface area contributed by atoms with Crippen molar-refractivity contribution >= 4 is 27.5 Å². The molecule has 0 atom stereocenters. The summed E-state index contributed by atoms with van der Waals surface area (Å²) in [7, 11) is 0. The van der Waals surface area contributed by atoms with Crippen LogP contribution in [0.5, 0.6) is 11.5 Å². The minimum Gasteiger partial charge on any atom is -0.486 e. The van der Waals surface area contributed by atoms with Crippen LogP contribution in [0.4, 0.5) is 14.5 Å². The Bertz CT molecular complexity index is 752. The van der Waals surface area contributed by atoms with Crippen LogP contribution in [-0.4, -0.2) is 19.1 Å². The maximum Gasteiger partial charge on any atom is 0.258 e. The molecule has 7 heteroatoms. The summed E-state index contributed by atoms with van der Waals surface area (Å²) in [6.45, 7) is 0.847. The first-order valence-electron chi connectivity index (χ1n) is 6.40. The Kier molecular flexibility index (Phi) is 3.98. The molecule has 22 heavy (non-hydrogen) atoms. The zero-order valence-corrected chi connectivity index (χ0v) is 12.7. The Morgan fingerprint density at radius 1 is 1.09 bits per heavy atom. The Balaban J connectivity index is 1.89. The number of fused-ring (bicyclic) bond motifs is 1. The second-order valence-electron chi connectivity index (χ2n) is 4.55. The van der Waals surface area contributed by atoms with Gasteiger partial charge in [0.2, 0.25) is 0 Å². The molecule has 0 saturated carbocycles. The summed E-state index contributed by atoms with van der Waals surface area (Å²) in [6.07, 6.45) is 0. The van der Waals surface area contributed by atoms with Gasteiger partial charge in [0, 0.05) is 16.6 Å². The summed E-state index contributed by atoms with van der Waals surface area (Å²) in [5.41, 5.74) is -0.000278. The molecule has 0 saturated heterocycles. The third kappa shape index (κ3) is 2.89. The Morgan fingerprint density at radius 2 is 1.77 bits per heavy atom. The number of ether oxygens (including phenoxy) is 2. The molecular formula is C15H10BrF2NO3. The minimum absolute atomic E-state index is 0.373. The molecule has 1 aliphatic heterocycles. The molecule has 1 N–H and O–H groups in total. The lowest BCUT2D eigenvalue weighted by Crippen LogP contribution is -2.17. The average molecular weight is 370 g/mol. The SMILES string of the molecule is O=C(Nc1cc2c(cc1Br)OCCO2)c1cc(F)ccc1F. The lowest BCUT2D eigenvalue weighted by atomic mass is 10.2.